The first-order chi connectivity index (χ1) is 11.6. The number of halogens is 1. The van der Waals surface area contributed by atoms with Gasteiger partial charge in [0.2, 0.25) is 0 Å². The molecule has 6 nitrogen and oxygen atoms in total. The third-order valence-corrected chi connectivity index (χ3v) is 4.52. The standard InChI is InChI=1S/C18H22FN3O3/c1-11(2)18(4,9-16(23)24)21-17(25)15-10-20-22(12(15)3)14-7-5-13(19)6-8-14/h5-8,10-11H,9H2,1-4H3,(H,21,25)(H,23,24). The summed E-state index contributed by atoms with van der Waals surface area (Å²) in [6, 6.07) is 5.77. The monoisotopic (exact) mass is 347 g/mol. The van der Waals surface area contributed by atoms with Crippen LogP contribution in [0.4, 0.5) is 4.39 Å². The summed E-state index contributed by atoms with van der Waals surface area (Å²) < 4.78 is 14.6. The van der Waals surface area contributed by atoms with Crippen LogP contribution in [0.1, 0.15) is 43.2 Å². The molecule has 7 heteroatoms. The Balaban J connectivity index is 2.28. The van der Waals surface area contributed by atoms with Gasteiger partial charge in [-0.05, 0) is 44.0 Å². The maximum absolute atomic E-state index is 13.1. The molecule has 2 N–H and O–H groups in total. The Morgan fingerprint density at radius 3 is 2.44 bits per heavy atom. The minimum absolute atomic E-state index is 0.0694. The Hall–Kier alpha value is -2.70. The lowest BCUT2D eigenvalue weighted by atomic mass is 9.85. The molecule has 1 heterocycles. The molecule has 0 saturated carbocycles. The fourth-order valence-electron chi connectivity index (χ4n) is 2.51. The van der Waals surface area contributed by atoms with Crippen molar-refractivity contribution < 1.29 is 19.1 Å². The Morgan fingerprint density at radius 1 is 1.32 bits per heavy atom. The van der Waals surface area contributed by atoms with Crippen LogP contribution in [0, 0.1) is 18.7 Å². The average molecular weight is 347 g/mol. The molecule has 25 heavy (non-hydrogen) atoms. The SMILES string of the molecule is Cc1c(C(=O)NC(C)(CC(=O)O)C(C)C)cnn1-c1ccc(F)cc1. The first-order valence-corrected chi connectivity index (χ1v) is 7.99. The zero-order valence-corrected chi connectivity index (χ0v) is 14.7. The fourth-order valence-corrected chi connectivity index (χ4v) is 2.51. The molecule has 134 valence electrons. The smallest absolute Gasteiger partial charge is 0.305 e. The second-order valence-corrected chi connectivity index (χ2v) is 6.63. The van der Waals surface area contributed by atoms with Crippen LogP contribution >= 0.6 is 0 Å². The number of carbonyl (C=O) groups excluding carboxylic acids is 1. The molecule has 0 bridgehead atoms. The van der Waals surface area contributed by atoms with Gasteiger partial charge in [0.15, 0.2) is 0 Å². The lowest BCUT2D eigenvalue weighted by Gasteiger charge is -2.33. The molecule has 2 aromatic rings. The Labute approximate surface area is 145 Å². The fraction of sp³-hybridized carbons (Fsp3) is 0.389. The van der Waals surface area contributed by atoms with Crippen molar-refractivity contribution >= 4 is 11.9 Å². The molecule has 2 rings (SSSR count). The highest BCUT2D eigenvalue weighted by Crippen LogP contribution is 2.22. The molecule has 0 spiro atoms. The first-order valence-electron chi connectivity index (χ1n) is 7.99. The lowest BCUT2D eigenvalue weighted by molar-refractivity contribution is -0.138. The topological polar surface area (TPSA) is 84.2 Å². The zero-order chi connectivity index (χ0) is 18.8. The highest BCUT2D eigenvalue weighted by atomic mass is 19.1. The molecule has 0 aliphatic heterocycles. The van der Waals surface area contributed by atoms with E-state index >= 15 is 0 Å². The van der Waals surface area contributed by atoms with Gasteiger partial charge in [-0.1, -0.05) is 13.8 Å². The van der Waals surface area contributed by atoms with Crippen molar-refractivity contribution in [2.75, 3.05) is 0 Å². The molecule has 1 amide bonds. The normalized spacial score (nSPS) is 13.5. The number of carboxylic acids is 1. The number of carbonyl (C=O) groups is 2. The molecular formula is C18H22FN3O3. The van der Waals surface area contributed by atoms with Crippen LogP contribution in [0.25, 0.3) is 5.69 Å². The van der Waals surface area contributed by atoms with Crippen LogP contribution in [0.15, 0.2) is 30.5 Å². The van der Waals surface area contributed by atoms with E-state index in [1.807, 2.05) is 13.8 Å². The maximum atomic E-state index is 13.1. The van der Waals surface area contributed by atoms with Crippen LogP contribution in [-0.2, 0) is 4.79 Å². The molecule has 1 aromatic carbocycles. The Morgan fingerprint density at radius 2 is 1.92 bits per heavy atom. The van der Waals surface area contributed by atoms with E-state index in [-0.39, 0.29) is 24.1 Å². The second-order valence-electron chi connectivity index (χ2n) is 6.63. The van der Waals surface area contributed by atoms with Crippen molar-refractivity contribution in [2.45, 2.75) is 39.7 Å². The van der Waals surface area contributed by atoms with Gasteiger partial charge in [-0.2, -0.15) is 5.10 Å². The number of nitrogens with zero attached hydrogens (tertiary/aromatic N) is 2. The van der Waals surface area contributed by atoms with E-state index in [9.17, 15) is 14.0 Å². The molecule has 0 aliphatic rings. The van der Waals surface area contributed by atoms with Gasteiger partial charge in [-0.3, -0.25) is 9.59 Å². The summed E-state index contributed by atoms with van der Waals surface area (Å²) >= 11 is 0. The number of nitrogens with one attached hydrogen (secondary N) is 1. The first kappa shape index (κ1) is 18.6. The van der Waals surface area contributed by atoms with E-state index in [2.05, 4.69) is 10.4 Å². The van der Waals surface area contributed by atoms with Gasteiger partial charge in [0.05, 0.1) is 35.1 Å². The quantitative estimate of drug-likeness (QED) is 0.841. The van der Waals surface area contributed by atoms with Gasteiger partial charge in [0, 0.05) is 0 Å². The van der Waals surface area contributed by atoms with Crippen molar-refractivity contribution in [1.82, 2.24) is 15.1 Å². The van der Waals surface area contributed by atoms with E-state index in [1.54, 1.807) is 26.0 Å². The molecule has 0 saturated heterocycles. The molecule has 0 radical (unpaired) electrons. The number of aromatic nitrogens is 2. The summed E-state index contributed by atoms with van der Waals surface area (Å²) in [6.45, 7) is 7.16. The van der Waals surface area contributed by atoms with Gasteiger partial charge in [0.25, 0.3) is 5.91 Å². The third-order valence-electron chi connectivity index (χ3n) is 4.52. The van der Waals surface area contributed by atoms with Crippen molar-refractivity contribution in [3.63, 3.8) is 0 Å². The van der Waals surface area contributed by atoms with E-state index in [1.165, 1.54) is 23.0 Å². The predicted molar refractivity (Wildman–Crippen MR) is 91.2 cm³/mol. The van der Waals surface area contributed by atoms with Gasteiger partial charge < -0.3 is 10.4 Å². The number of rotatable bonds is 6. The summed E-state index contributed by atoms with van der Waals surface area (Å²) in [6.07, 6.45) is 1.25. The predicted octanol–water partition coefficient (Wildman–Crippen LogP) is 2.94. The molecular weight excluding hydrogens is 325 g/mol. The van der Waals surface area contributed by atoms with E-state index in [0.717, 1.165) is 0 Å². The van der Waals surface area contributed by atoms with Crippen molar-refractivity contribution in [3.8, 4) is 5.69 Å². The summed E-state index contributed by atoms with van der Waals surface area (Å²) in [5.41, 5.74) is 0.690. The van der Waals surface area contributed by atoms with Crippen LogP contribution in [0.3, 0.4) is 0 Å². The van der Waals surface area contributed by atoms with Crippen LogP contribution in [-0.4, -0.2) is 32.3 Å². The summed E-state index contributed by atoms with van der Waals surface area (Å²) in [7, 11) is 0. The molecule has 0 aliphatic carbocycles. The van der Waals surface area contributed by atoms with Crippen molar-refractivity contribution in [3.05, 3.63) is 47.5 Å². The van der Waals surface area contributed by atoms with E-state index < -0.39 is 11.5 Å². The van der Waals surface area contributed by atoms with Gasteiger partial charge in [-0.15, -0.1) is 0 Å². The maximum Gasteiger partial charge on any atom is 0.305 e. The second kappa shape index (κ2) is 7.04. The van der Waals surface area contributed by atoms with Crippen LogP contribution in [0.5, 0.6) is 0 Å². The van der Waals surface area contributed by atoms with E-state index in [0.29, 0.717) is 16.9 Å². The lowest BCUT2D eigenvalue weighted by Crippen LogP contribution is -2.51. The van der Waals surface area contributed by atoms with Crippen molar-refractivity contribution in [2.24, 2.45) is 5.92 Å². The number of hydrogen-bond donors (Lipinski definition) is 2. The Bertz CT molecular complexity index is 783. The number of amides is 1. The Kier molecular flexibility index (Phi) is 5.25. The van der Waals surface area contributed by atoms with Gasteiger partial charge in [-0.25, -0.2) is 9.07 Å². The van der Waals surface area contributed by atoms with Crippen molar-refractivity contribution in [1.29, 1.82) is 0 Å². The third kappa shape index (κ3) is 4.04. The molecule has 1 atom stereocenters. The van der Waals surface area contributed by atoms with Gasteiger partial charge >= 0.3 is 5.97 Å². The molecule has 0 fully saturated rings. The van der Waals surface area contributed by atoms with Crippen LogP contribution in [0.2, 0.25) is 0 Å². The number of hydrogen-bond acceptors (Lipinski definition) is 3. The van der Waals surface area contributed by atoms with E-state index in [4.69, 9.17) is 5.11 Å². The minimum Gasteiger partial charge on any atom is -0.481 e. The number of benzene rings is 1. The zero-order valence-electron chi connectivity index (χ0n) is 14.7. The average Bonchev–Trinajstić information content (AvgIpc) is 2.89. The summed E-state index contributed by atoms with van der Waals surface area (Å²) in [5.74, 6) is -1.79. The van der Waals surface area contributed by atoms with Gasteiger partial charge in [0.1, 0.15) is 5.82 Å². The highest BCUT2D eigenvalue weighted by Gasteiger charge is 2.33. The van der Waals surface area contributed by atoms with Crippen LogP contribution < -0.4 is 5.32 Å². The minimum atomic E-state index is -0.977. The summed E-state index contributed by atoms with van der Waals surface area (Å²) in [5, 5.41) is 16.1. The summed E-state index contributed by atoms with van der Waals surface area (Å²) in [4.78, 5) is 23.8. The molecule has 1 unspecified atom stereocenters. The largest absolute Gasteiger partial charge is 0.481 e. The number of carboxylic acid groups (broad SMARTS) is 1. The molecule has 1 aromatic heterocycles. The number of aliphatic carboxylic acids is 1. The highest BCUT2D eigenvalue weighted by molar-refractivity contribution is 5.96.